The Morgan fingerprint density at radius 3 is 2.48 bits per heavy atom. The largest absolute Gasteiger partial charge is 0.334 e. The lowest BCUT2D eigenvalue weighted by molar-refractivity contribution is 0.157. The van der Waals surface area contributed by atoms with Gasteiger partial charge < -0.3 is 10.2 Å². The van der Waals surface area contributed by atoms with E-state index in [1.165, 1.54) is 10.6 Å². The van der Waals surface area contributed by atoms with Gasteiger partial charge in [-0.2, -0.15) is 0 Å². The molecular formula is C14H29N3O3S. The van der Waals surface area contributed by atoms with Crippen LogP contribution in [0.2, 0.25) is 0 Å². The van der Waals surface area contributed by atoms with Crippen molar-refractivity contribution in [2.24, 2.45) is 5.92 Å². The maximum Gasteiger partial charge on any atom is 0.317 e. The van der Waals surface area contributed by atoms with Crippen LogP contribution in [-0.2, 0) is 10.0 Å². The molecule has 0 bridgehead atoms. The molecule has 1 heterocycles. The topological polar surface area (TPSA) is 69.7 Å². The monoisotopic (exact) mass is 319 g/mol. The number of nitrogens with zero attached hydrogens (tertiary/aromatic N) is 2. The Bertz CT molecular complexity index is 450. The average molecular weight is 319 g/mol. The summed E-state index contributed by atoms with van der Waals surface area (Å²) in [7, 11) is -3.18. The standard InChI is InChI=1S/C14H29N3O3S/c1-6-17(12(4)11(2)3)14(18)15-13-8-7-9-16(10-13)21(5,19)20/h11-13H,6-10H2,1-5H3,(H,15,18). The van der Waals surface area contributed by atoms with E-state index in [-0.39, 0.29) is 18.1 Å². The first-order valence-electron chi connectivity index (χ1n) is 7.69. The van der Waals surface area contributed by atoms with Gasteiger partial charge in [-0.1, -0.05) is 13.8 Å². The van der Waals surface area contributed by atoms with Gasteiger partial charge >= 0.3 is 6.03 Å². The minimum Gasteiger partial charge on any atom is -0.334 e. The SMILES string of the molecule is CCN(C(=O)NC1CCCN(S(C)(=O)=O)C1)C(C)C(C)C. The van der Waals surface area contributed by atoms with Gasteiger partial charge in [-0.3, -0.25) is 0 Å². The molecule has 1 fully saturated rings. The van der Waals surface area contributed by atoms with Gasteiger partial charge in [0, 0.05) is 31.7 Å². The summed E-state index contributed by atoms with van der Waals surface area (Å²) in [5, 5.41) is 2.99. The molecule has 0 aromatic rings. The molecule has 0 radical (unpaired) electrons. The Balaban J connectivity index is 2.65. The van der Waals surface area contributed by atoms with Crippen LogP contribution in [0.5, 0.6) is 0 Å². The maximum absolute atomic E-state index is 12.4. The number of amides is 2. The van der Waals surface area contributed by atoms with Gasteiger partial charge in [-0.15, -0.1) is 0 Å². The molecule has 2 amide bonds. The highest BCUT2D eigenvalue weighted by molar-refractivity contribution is 7.88. The van der Waals surface area contributed by atoms with Gasteiger partial charge in [0.1, 0.15) is 0 Å². The number of piperidine rings is 1. The van der Waals surface area contributed by atoms with E-state index in [0.29, 0.717) is 25.6 Å². The van der Waals surface area contributed by atoms with Crippen LogP contribution in [-0.4, -0.2) is 61.6 Å². The second-order valence-corrected chi connectivity index (χ2v) is 8.16. The fraction of sp³-hybridized carbons (Fsp3) is 0.929. The van der Waals surface area contributed by atoms with E-state index >= 15 is 0 Å². The molecule has 1 N–H and O–H groups in total. The van der Waals surface area contributed by atoms with E-state index in [2.05, 4.69) is 19.2 Å². The van der Waals surface area contributed by atoms with Gasteiger partial charge in [-0.25, -0.2) is 17.5 Å². The third kappa shape index (κ3) is 5.14. The van der Waals surface area contributed by atoms with Crippen molar-refractivity contribution >= 4 is 16.1 Å². The number of hydrogen-bond donors (Lipinski definition) is 1. The fourth-order valence-electron chi connectivity index (χ4n) is 2.60. The van der Waals surface area contributed by atoms with Crippen molar-refractivity contribution < 1.29 is 13.2 Å². The van der Waals surface area contributed by atoms with Crippen molar-refractivity contribution in [1.29, 1.82) is 0 Å². The van der Waals surface area contributed by atoms with E-state index in [1.807, 2.05) is 18.7 Å². The molecule has 1 aliphatic heterocycles. The summed E-state index contributed by atoms with van der Waals surface area (Å²) in [6, 6.07) is -0.0435. The van der Waals surface area contributed by atoms with Gasteiger partial charge in [0.05, 0.1) is 6.26 Å². The fourth-order valence-corrected chi connectivity index (χ4v) is 3.51. The zero-order valence-electron chi connectivity index (χ0n) is 13.8. The van der Waals surface area contributed by atoms with Gasteiger partial charge in [0.25, 0.3) is 0 Å². The molecule has 0 spiro atoms. The van der Waals surface area contributed by atoms with Crippen molar-refractivity contribution in [2.45, 2.75) is 52.6 Å². The zero-order valence-corrected chi connectivity index (χ0v) is 14.6. The summed E-state index contributed by atoms with van der Waals surface area (Å²) >= 11 is 0. The summed E-state index contributed by atoms with van der Waals surface area (Å²) < 4.78 is 24.7. The summed E-state index contributed by atoms with van der Waals surface area (Å²) in [6.45, 7) is 9.75. The highest BCUT2D eigenvalue weighted by Crippen LogP contribution is 2.15. The van der Waals surface area contributed by atoms with Gasteiger partial charge in [-0.05, 0) is 32.6 Å². The van der Waals surface area contributed by atoms with Crippen LogP contribution in [0.3, 0.4) is 0 Å². The summed E-state index contributed by atoms with van der Waals surface area (Å²) in [6.07, 6.45) is 2.83. The molecule has 1 saturated heterocycles. The summed E-state index contributed by atoms with van der Waals surface area (Å²) in [4.78, 5) is 14.2. The molecule has 1 aliphatic rings. The molecule has 2 unspecified atom stereocenters. The second kappa shape index (κ2) is 7.45. The normalized spacial score (nSPS) is 22.1. The first-order valence-corrected chi connectivity index (χ1v) is 9.53. The van der Waals surface area contributed by atoms with E-state index < -0.39 is 10.0 Å². The highest BCUT2D eigenvalue weighted by Gasteiger charge is 2.29. The molecule has 7 heteroatoms. The van der Waals surface area contributed by atoms with Crippen LogP contribution in [0.4, 0.5) is 4.79 Å². The third-order valence-electron chi connectivity index (χ3n) is 4.24. The van der Waals surface area contributed by atoms with Crippen LogP contribution in [0.1, 0.15) is 40.5 Å². The van der Waals surface area contributed by atoms with Crippen LogP contribution in [0.15, 0.2) is 0 Å². The van der Waals surface area contributed by atoms with E-state index in [0.717, 1.165) is 12.8 Å². The smallest absolute Gasteiger partial charge is 0.317 e. The predicted octanol–water partition coefficient (Wildman–Crippen LogP) is 1.49. The quantitative estimate of drug-likeness (QED) is 0.834. The number of nitrogens with one attached hydrogen (secondary N) is 1. The number of sulfonamides is 1. The lowest BCUT2D eigenvalue weighted by Gasteiger charge is -2.35. The minimum atomic E-state index is -3.18. The number of hydrogen-bond acceptors (Lipinski definition) is 3. The summed E-state index contributed by atoms with van der Waals surface area (Å²) in [5.41, 5.74) is 0. The van der Waals surface area contributed by atoms with E-state index in [9.17, 15) is 13.2 Å². The molecule has 2 atom stereocenters. The predicted molar refractivity (Wildman–Crippen MR) is 84.7 cm³/mol. The van der Waals surface area contributed by atoms with E-state index in [1.54, 1.807) is 0 Å². The number of urea groups is 1. The minimum absolute atomic E-state index is 0.0981. The molecule has 21 heavy (non-hydrogen) atoms. The van der Waals surface area contributed by atoms with Gasteiger partial charge in [0.2, 0.25) is 10.0 Å². The first kappa shape index (κ1) is 18.2. The Kier molecular flexibility index (Phi) is 6.46. The van der Waals surface area contributed by atoms with Crippen molar-refractivity contribution in [1.82, 2.24) is 14.5 Å². The average Bonchev–Trinajstić information content (AvgIpc) is 2.38. The van der Waals surface area contributed by atoms with Crippen LogP contribution >= 0.6 is 0 Å². The number of carbonyl (C=O) groups is 1. The third-order valence-corrected chi connectivity index (χ3v) is 5.51. The van der Waals surface area contributed by atoms with Crippen molar-refractivity contribution in [3.05, 3.63) is 0 Å². The Morgan fingerprint density at radius 1 is 1.38 bits per heavy atom. The van der Waals surface area contributed by atoms with Crippen LogP contribution in [0, 0.1) is 5.92 Å². The molecule has 0 aromatic carbocycles. The molecule has 0 aliphatic carbocycles. The Morgan fingerprint density at radius 2 is 2.00 bits per heavy atom. The van der Waals surface area contributed by atoms with Crippen LogP contribution < -0.4 is 5.32 Å². The molecule has 6 nitrogen and oxygen atoms in total. The second-order valence-electron chi connectivity index (χ2n) is 6.18. The highest BCUT2D eigenvalue weighted by atomic mass is 32.2. The van der Waals surface area contributed by atoms with Crippen molar-refractivity contribution in [2.75, 3.05) is 25.9 Å². The maximum atomic E-state index is 12.4. The zero-order chi connectivity index (χ0) is 16.2. The van der Waals surface area contributed by atoms with Crippen molar-refractivity contribution in [3.8, 4) is 0 Å². The first-order chi connectivity index (χ1) is 9.66. The lowest BCUT2D eigenvalue weighted by atomic mass is 10.0. The van der Waals surface area contributed by atoms with Crippen LogP contribution in [0.25, 0.3) is 0 Å². The van der Waals surface area contributed by atoms with E-state index in [4.69, 9.17) is 0 Å². The number of rotatable bonds is 5. The Labute approximate surface area is 128 Å². The van der Waals surface area contributed by atoms with Gasteiger partial charge in [0.15, 0.2) is 0 Å². The Hall–Kier alpha value is -0.820. The molecule has 0 aromatic heterocycles. The van der Waals surface area contributed by atoms with Crippen molar-refractivity contribution in [3.63, 3.8) is 0 Å². The lowest BCUT2D eigenvalue weighted by Crippen LogP contribution is -2.54. The number of carbonyl (C=O) groups excluding carboxylic acids is 1. The molecule has 124 valence electrons. The molecule has 0 saturated carbocycles. The molecular weight excluding hydrogens is 290 g/mol. The summed E-state index contributed by atoms with van der Waals surface area (Å²) in [5.74, 6) is 0.384. The molecule has 1 rings (SSSR count).